The molecule has 2 aromatic rings. The van der Waals surface area contributed by atoms with Crippen LogP contribution in [0.15, 0.2) is 22.7 Å². The molecule has 0 bridgehead atoms. The van der Waals surface area contributed by atoms with Crippen LogP contribution >= 0.6 is 27.3 Å². The Kier molecular flexibility index (Phi) is 4.96. The van der Waals surface area contributed by atoms with Crippen molar-refractivity contribution in [1.82, 2.24) is 10.2 Å². The van der Waals surface area contributed by atoms with E-state index in [1.54, 1.807) is 25.1 Å². The van der Waals surface area contributed by atoms with Crippen LogP contribution in [0.4, 0.5) is 10.8 Å². The number of amides is 2. The second-order valence-electron chi connectivity index (χ2n) is 5.43. The monoisotopic (exact) mass is 422 g/mol. The number of hydrogen-bond donors (Lipinski definition) is 1. The molecule has 130 valence electrons. The molecule has 25 heavy (non-hydrogen) atoms. The second kappa shape index (κ2) is 7.01. The molecule has 1 aromatic carbocycles. The minimum absolute atomic E-state index is 0.301. The summed E-state index contributed by atoms with van der Waals surface area (Å²) in [5, 5.41) is 11.8. The van der Waals surface area contributed by atoms with Gasteiger partial charge in [0.15, 0.2) is 0 Å². The van der Waals surface area contributed by atoms with Crippen molar-refractivity contribution >= 4 is 55.7 Å². The van der Waals surface area contributed by atoms with Crippen LogP contribution in [0.2, 0.25) is 0 Å². The molecule has 1 aliphatic rings. The average Bonchev–Trinajstić information content (AvgIpc) is 3.14. The molecule has 0 aliphatic carbocycles. The summed E-state index contributed by atoms with van der Waals surface area (Å²) in [7, 11) is 0. The van der Waals surface area contributed by atoms with Crippen molar-refractivity contribution < 1.29 is 14.4 Å². The third kappa shape index (κ3) is 3.21. The Balaban J connectivity index is 1.89. The van der Waals surface area contributed by atoms with E-state index in [9.17, 15) is 14.4 Å². The molecule has 1 atom stereocenters. The number of Topliss-reactive ketones (excluding diaryl/α,β-unsaturated/α-hetero) is 1. The van der Waals surface area contributed by atoms with E-state index >= 15 is 0 Å². The van der Waals surface area contributed by atoms with Gasteiger partial charge in [0.05, 0.1) is 11.3 Å². The lowest BCUT2D eigenvalue weighted by molar-refractivity contribution is -0.121. The Morgan fingerprint density at radius 3 is 2.72 bits per heavy atom. The predicted molar refractivity (Wildman–Crippen MR) is 98.0 cm³/mol. The molecule has 1 aliphatic heterocycles. The number of ketones is 1. The first-order chi connectivity index (χ1) is 12.0. The molecule has 0 spiro atoms. The van der Waals surface area contributed by atoms with E-state index in [2.05, 4.69) is 31.4 Å². The molecule has 1 N–H and O–H groups in total. The number of carbonyl (C=O) groups excluding carboxylic acids is 3. The molecule has 3 rings (SSSR count). The van der Waals surface area contributed by atoms with Gasteiger partial charge in [0, 0.05) is 4.47 Å². The van der Waals surface area contributed by atoms with Crippen LogP contribution in [0.5, 0.6) is 0 Å². The molecular weight excluding hydrogens is 408 g/mol. The van der Waals surface area contributed by atoms with Crippen molar-refractivity contribution in [3.05, 3.63) is 33.2 Å². The molecule has 0 radical (unpaired) electrons. The quantitative estimate of drug-likeness (QED) is 0.747. The molecule has 7 nitrogen and oxygen atoms in total. The van der Waals surface area contributed by atoms with Crippen molar-refractivity contribution in [2.24, 2.45) is 0 Å². The van der Waals surface area contributed by atoms with E-state index in [4.69, 9.17) is 0 Å². The second-order valence-corrected chi connectivity index (χ2v) is 7.41. The molecule has 0 saturated carbocycles. The third-order valence-corrected chi connectivity index (χ3v) is 5.35. The highest BCUT2D eigenvalue weighted by Gasteiger charge is 2.42. The van der Waals surface area contributed by atoms with Crippen molar-refractivity contribution in [3.8, 4) is 0 Å². The van der Waals surface area contributed by atoms with Gasteiger partial charge in [-0.3, -0.25) is 24.6 Å². The number of halogens is 1. The van der Waals surface area contributed by atoms with Crippen molar-refractivity contribution in [2.75, 3.05) is 10.2 Å². The summed E-state index contributed by atoms with van der Waals surface area (Å²) >= 11 is 4.58. The molecule has 9 heteroatoms. The van der Waals surface area contributed by atoms with Gasteiger partial charge in [0.25, 0.3) is 11.7 Å². The zero-order chi connectivity index (χ0) is 18.1. The maximum absolute atomic E-state index is 12.7. The van der Waals surface area contributed by atoms with Crippen LogP contribution in [-0.2, 0) is 16.0 Å². The normalized spacial score (nSPS) is 14.6. The maximum Gasteiger partial charge on any atom is 0.300 e. The van der Waals surface area contributed by atoms with Gasteiger partial charge in [-0.15, -0.1) is 10.2 Å². The molecular formula is C16H15BrN4O3S. The molecule has 2 amide bonds. The fraction of sp³-hybridized carbons (Fsp3) is 0.312. The zero-order valence-corrected chi connectivity index (χ0v) is 16.0. The summed E-state index contributed by atoms with van der Waals surface area (Å²) in [6, 6.07) is 4.20. The van der Waals surface area contributed by atoms with Crippen LogP contribution in [-0.4, -0.2) is 33.8 Å². The van der Waals surface area contributed by atoms with E-state index in [1.807, 2.05) is 6.92 Å². The lowest BCUT2D eigenvalue weighted by atomic mass is 10.1. The zero-order valence-electron chi connectivity index (χ0n) is 13.6. The lowest BCUT2D eigenvalue weighted by Gasteiger charge is -2.25. The number of benzene rings is 1. The number of aryl methyl sites for hydroxylation is 1. The summed E-state index contributed by atoms with van der Waals surface area (Å²) in [6.07, 6.45) is 1.09. The minimum atomic E-state index is -0.798. The topological polar surface area (TPSA) is 92.3 Å². The van der Waals surface area contributed by atoms with Gasteiger partial charge >= 0.3 is 0 Å². The number of aromatic nitrogens is 2. The van der Waals surface area contributed by atoms with E-state index in [1.165, 1.54) is 16.2 Å². The van der Waals surface area contributed by atoms with Gasteiger partial charge in [-0.1, -0.05) is 41.1 Å². The van der Waals surface area contributed by atoms with E-state index in [0.29, 0.717) is 27.3 Å². The number of rotatable bonds is 5. The fourth-order valence-electron chi connectivity index (χ4n) is 2.66. The number of nitrogens with one attached hydrogen (secondary N) is 1. The fourth-order valence-corrected chi connectivity index (χ4v) is 3.71. The standard InChI is InChI=1S/C16H15BrN4O3S/c1-3-10(14(23)18-16-20-19-12(4-2)25-16)21-11-6-5-8(17)7-9(11)13(22)15(21)24/h5-7,10H,3-4H2,1-2H3,(H,18,20,23). The summed E-state index contributed by atoms with van der Waals surface area (Å²) in [5.41, 5.74) is 0.751. The van der Waals surface area contributed by atoms with Gasteiger partial charge in [0.1, 0.15) is 11.0 Å². The molecule has 0 fully saturated rings. The predicted octanol–water partition coefficient (Wildman–Crippen LogP) is 2.81. The Labute approximate surface area is 156 Å². The highest BCUT2D eigenvalue weighted by molar-refractivity contribution is 9.10. The smallest absolute Gasteiger partial charge is 0.299 e. The number of hydrogen-bond acceptors (Lipinski definition) is 6. The highest BCUT2D eigenvalue weighted by atomic mass is 79.9. The Morgan fingerprint density at radius 1 is 1.32 bits per heavy atom. The first-order valence-corrected chi connectivity index (χ1v) is 9.37. The van der Waals surface area contributed by atoms with E-state index in [0.717, 1.165) is 11.4 Å². The van der Waals surface area contributed by atoms with Crippen molar-refractivity contribution in [3.63, 3.8) is 0 Å². The third-order valence-electron chi connectivity index (χ3n) is 3.88. The van der Waals surface area contributed by atoms with Gasteiger partial charge < -0.3 is 0 Å². The first kappa shape index (κ1) is 17.7. The molecule has 1 unspecified atom stereocenters. The molecule has 0 saturated heterocycles. The lowest BCUT2D eigenvalue weighted by Crippen LogP contribution is -2.46. The summed E-state index contributed by atoms with van der Waals surface area (Å²) in [6.45, 7) is 3.74. The van der Waals surface area contributed by atoms with Gasteiger partial charge in [-0.2, -0.15) is 0 Å². The average molecular weight is 423 g/mol. The van der Waals surface area contributed by atoms with Crippen LogP contribution in [0.25, 0.3) is 0 Å². The summed E-state index contributed by atoms with van der Waals surface area (Å²) in [4.78, 5) is 38.6. The van der Waals surface area contributed by atoms with Gasteiger partial charge in [-0.25, -0.2) is 0 Å². The SMILES string of the molecule is CCc1nnc(NC(=O)C(CC)N2C(=O)C(=O)c3cc(Br)ccc32)s1. The van der Waals surface area contributed by atoms with Crippen LogP contribution in [0.1, 0.15) is 35.6 Å². The number of fused-ring (bicyclic) bond motifs is 1. The van der Waals surface area contributed by atoms with Crippen molar-refractivity contribution in [1.29, 1.82) is 0 Å². The number of carbonyl (C=O) groups is 3. The summed E-state index contributed by atoms with van der Waals surface area (Å²) < 4.78 is 0.702. The highest BCUT2D eigenvalue weighted by Crippen LogP contribution is 2.34. The molecule has 1 aromatic heterocycles. The maximum atomic E-state index is 12.7. The number of nitrogens with zero attached hydrogens (tertiary/aromatic N) is 3. The Hall–Kier alpha value is -2.13. The van der Waals surface area contributed by atoms with E-state index < -0.39 is 23.6 Å². The minimum Gasteiger partial charge on any atom is -0.299 e. The van der Waals surface area contributed by atoms with Crippen LogP contribution in [0.3, 0.4) is 0 Å². The van der Waals surface area contributed by atoms with Crippen LogP contribution < -0.4 is 10.2 Å². The van der Waals surface area contributed by atoms with Gasteiger partial charge in [-0.05, 0) is 31.0 Å². The summed E-state index contributed by atoms with van der Waals surface area (Å²) in [5.74, 6) is -1.69. The van der Waals surface area contributed by atoms with Crippen LogP contribution in [0, 0.1) is 0 Å². The molecule has 2 heterocycles. The Bertz CT molecular complexity index is 867. The Morgan fingerprint density at radius 2 is 2.08 bits per heavy atom. The first-order valence-electron chi connectivity index (χ1n) is 7.76. The number of anilines is 2. The van der Waals surface area contributed by atoms with E-state index in [-0.39, 0.29) is 0 Å². The van der Waals surface area contributed by atoms with Crippen molar-refractivity contribution in [2.45, 2.75) is 32.7 Å². The largest absolute Gasteiger partial charge is 0.300 e. The van der Waals surface area contributed by atoms with Gasteiger partial charge in [0.2, 0.25) is 11.0 Å².